The molecule has 4 rings (SSSR count). The van der Waals surface area contributed by atoms with E-state index >= 15 is 0 Å². The van der Waals surface area contributed by atoms with Crippen molar-refractivity contribution < 1.29 is 27.1 Å². The van der Waals surface area contributed by atoms with Gasteiger partial charge in [-0.25, -0.2) is 12.8 Å². The van der Waals surface area contributed by atoms with E-state index < -0.39 is 20.9 Å². The average molecular weight is 551 g/mol. The Morgan fingerprint density at radius 2 is 1.92 bits per heavy atom. The molecule has 2 bridgehead atoms. The summed E-state index contributed by atoms with van der Waals surface area (Å²) in [5.74, 6) is -0.805. The Hall–Kier alpha value is -2.14. The number of carbonyl (C=O) groups excluding carboxylic acids is 2. The summed E-state index contributed by atoms with van der Waals surface area (Å²) in [6, 6.07) is 9.73. The minimum atomic E-state index is -3.96. The Labute approximate surface area is 222 Å². The summed E-state index contributed by atoms with van der Waals surface area (Å²) in [6.07, 6.45) is 1.83. The van der Waals surface area contributed by atoms with E-state index in [4.69, 9.17) is 4.74 Å². The Morgan fingerprint density at radius 1 is 1.19 bits per heavy atom. The van der Waals surface area contributed by atoms with Crippen molar-refractivity contribution in [3.63, 3.8) is 0 Å². The van der Waals surface area contributed by atoms with Crippen molar-refractivity contribution in [3.05, 3.63) is 58.0 Å². The molecule has 1 heterocycles. The van der Waals surface area contributed by atoms with Gasteiger partial charge in [0.2, 0.25) is 15.9 Å². The molecule has 37 heavy (non-hydrogen) atoms. The predicted octanol–water partition coefficient (Wildman–Crippen LogP) is 4.09. The largest absolute Gasteiger partial charge is 0.383 e. The number of Topliss-reactive ketones (excluding diaryl/α,β-unsaturated/α-hetero) is 1. The molecule has 10 heteroatoms. The molecule has 1 aromatic heterocycles. The maximum atomic E-state index is 13.8. The van der Waals surface area contributed by atoms with Gasteiger partial charge >= 0.3 is 0 Å². The summed E-state index contributed by atoms with van der Waals surface area (Å²) in [6.45, 7) is 4.31. The topological polar surface area (TPSA) is 84.0 Å². The Balaban J connectivity index is 1.57. The van der Waals surface area contributed by atoms with E-state index in [1.165, 1.54) is 34.9 Å². The van der Waals surface area contributed by atoms with E-state index in [0.29, 0.717) is 19.4 Å². The molecule has 202 valence electrons. The van der Waals surface area contributed by atoms with Crippen molar-refractivity contribution in [3.8, 4) is 0 Å². The van der Waals surface area contributed by atoms with Crippen LogP contribution in [0.4, 0.5) is 4.39 Å². The monoisotopic (exact) mass is 550 g/mol. The van der Waals surface area contributed by atoms with Crippen LogP contribution in [0.25, 0.3) is 0 Å². The van der Waals surface area contributed by atoms with Crippen LogP contribution in [0.3, 0.4) is 0 Å². The summed E-state index contributed by atoms with van der Waals surface area (Å²) < 4.78 is 47.3. The van der Waals surface area contributed by atoms with Gasteiger partial charge in [0.15, 0.2) is 0 Å². The van der Waals surface area contributed by atoms with Gasteiger partial charge < -0.3 is 9.64 Å². The number of benzene rings is 1. The predicted molar refractivity (Wildman–Crippen MR) is 141 cm³/mol. The first-order valence-corrected chi connectivity index (χ1v) is 15.0. The van der Waals surface area contributed by atoms with E-state index in [9.17, 15) is 22.4 Å². The number of nitrogens with zero attached hydrogens (tertiary/aromatic N) is 2. The van der Waals surface area contributed by atoms with Crippen LogP contribution in [0, 0.1) is 22.6 Å². The molecule has 1 aromatic carbocycles. The molecule has 2 fully saturated rings. The molecular formula is C27H35FN2O5S2. The Kier molecular flexibility index (Phi) is 8.23. The quantitative estimate of drug-likeness (QED) is 0.398. The highest BCUT2D eigenvalue weighted by Gasteiger charge is 2.65. The van der Waals surface area contributed by atoms with Gasteiger partial charge in [0.1, 0.15) is 11.6 Å². The van der Waals surface area contributed by atoms with Gasteiger partial charge in [0.25, 0.3) is 0 Å². The third-order valence-electron chi connectivity index (χ3n) is 8.38. The van der Waals surface area contributed by atoms with Gasteiger partial charge in [0.05, 0.1) is 25.4 Å². The van der Waals surface area contributed by atoms with E-state index in [0.717, 1.165) is 16.9 Å². The van der Waals surface area contributed by atoms with Gasteiger partial charge in [-0.3, -0.25) is 9.59 Å². The zero-order valence-corrected chi connectivity index (χ0v) is 23.2. The van der Waals surface area contributed by atoms with Crippen LogP contribution in [-0.4, -0.2) is 61.9 Å². The number of amides is 1. The van der Waals surface area contributed by atoms with Crippen molar-refractivity contribution in [1.82, 2.24) is 9.21 Å². The fourth-order valence-corrected chi connectivity index (χ4v) is 8.77. The molecule has 2 atom stereocenters. The summed E-state index contributed by atoms with van der Waals surface area (Å²) in [5.41, 5.74) is -0.580. The van der Waals surface area contributed by atoms with Crippen LogP contribution in [0.5, 0.6) is 0 Å². The maximum Gasteiger partial charge on any atom is 0.238 e. The Morgan fingerprint density at radius 3 is 2.49 bits per heavy atom. The fourth-order valence-electron chi connectivity index (χ4n) is 5.90. The number of rotatable bonds is 12. The molecular weight excluding hydrogens is 515 g/mol. The average Bonchev–Trinajstić information content (AvgIpc) is 3.48. The van der Waals surface area contributed by atoms with Gasteiger partial charge in [-0.15, -0.1) is 11.3 Å². The first-order chi connectivity index (χ1) is 17.5. The summed E-state index contributed by atoms with van der Waals surface area (Å²) in [4.78, 5) is 29.1. The third kappa shape index (κ3) is 5.67. The van der Waals surface area contributed by atoms with Crippen LogP contribution in [0.2, 0.25) is 0 Å². The van der Waals surface area contributed by atoms with Crippen molar-refractivity contribution in [2.24, 2.45) is 16.7 Å². The van der Waals surface area contributed by atoms with Gasteiger partial charge in [-0.05, 0) is 53.3 Å². The van der Waals surface area contributed by atoms with E-state index in [1.54, 1.807) is 17.0 Å². The number of hydrogen-bond donors (Lipinski definition) is 0. The van der Waals surface area contributed by atoms with Crippen molar-refractivity contribution in [1.29, 1.82) is 0 Å². The molecule has 0 spiro atoms. The van der Waals surface area contributed by atoms with Crippen LogP contribution in [0.1, 0.15) is 43.6 Å². The molecule has 1 amide bonds. The number of methoxy groups -OCH3 is 1. The molecule has 2 aliphatic carbocycles. The number of halogens is 1. The normalized spacial score (nSPS) is 22.6. The highest BCUT2D eigenvalue weighted by molar-refractivity contribution is 7.89. The summed E-state index contributed by atoms with van der Waals surface area (Å²) in [5, 5.41) is 1.92. The number of hydrogen-bond acceptors (Lipinski definition) is 6. The first kappa shape index (κ1) is 27.9. The molecule has 2 saturated carbocycles. The molecule has 2 unspecified atom stereocenters. The van der Waals surface area contributed by atoms with Crippen LogP contribution in [-0.2, 0) is 37.4 Å². The number of ether oxygens (including phenoxy) is 1. The first-order valence-electron chi connectivity index (χ1n) is 12.5. The molecule has 0 saturated heterocycles. The minimum Gasteiger partial charge on any atom is -0.383 e. The lowest BCUT2D eigenvalue weighted by Gasteiger charge is -2.37. The molecule has 0 radical (unpaired) electrons. The zero-order chi connectivity index (χ0) is 26.8. The Bertz CT molecular complexity index is 1210. The second-order valence-corrected chi connectivity index (χ2v) is 13.7. The second-order valence-electron chi connectivity index (χ2n) is 10.7. The van der Waals surface area contributed by atoms with Crippen molar-refractivity contribution in [2.75, 3.05) is 32.6 Å². The van der Waals surface area contributed by atoms with Gasteiger partial charge in [0, 0.05) is 36.9 Å². The van der Waals surface area contributed by atoms with Crippen molar-refractivity contribution in [2.45, 2.75) is 46.2 Å². The molecule has 2 aromatic rings. The van der Waals surface area contributed by atoms with Crippen molar-refractivity contribution >= 4 is 33.1 Å². The minimum absolute atomic E-state index is 0.0160. The number of fused-ring (bicyclic) bond motifs is 2. The summed E-state index contributed by atoms with van der Waals surface area (Å²) >= 11 is 1.51. The summed E-state index contributed by atoms with van der Waals surface area (Å²) in [7, 11) is -2.48. The number of ketones is 1. The number of thiophene rings is 1. The van der Waals surface area contributed by atoms with E-state index in [-0.39, 0.29) is 55.4 Å². The SMILES string of the molecule is COCCN(CC(=O)N(Cc1ccc(F)cc1)Cc1cccs1)S(=O)(=O)CC12CCC(CC1=O)C2(C)C. The molecule has 0 aliphatic heterocycles. The van der Waals surface area contributed by atoms with Crippen LogP contribution in [0.15, 0.2) is 41.8 Å². The number of carbonyl (C=O) groups is 2. The highest BCUT2D eigenvalue weighted by Crippen LogP contribution is 2.64. The smallest absolute Gasteiger partial charge is 0.238 e. The van der Waals surface area contributed by atoms with E-state index in [1.807, 2.05) is 31.4 Å². The lowest BCUT2D eigenvalue weighted by molar-refractivity contribution is -0.132. The zero-order valence-electron chi connectivity index (χ0n) is 21.6. The van der Waals surface area contributed by atoms with Gasteiger partial charge in [-0.1, -0.05) is 32.0 Å². The molecule has 2 aliphatic rings. The second kappa shape index (κ2) is 10.9. The number of sulfonamides is 1. The van der Waals surface area contributed by atoms with Gasteiger partial charge in [-0.2, -0.15) is 4.31 Å². The lowest BCUT2D eigenvalue weighted by atomic mass is 9.70. The molecule has 0 N–H and O–H groups in total. The third-order valence-corrected chi connectivity index (χ3v) is 11.2. The molecule has 7 nitrogen and oxygen atoms in total. The standard InChI is InChI=1S/C27H35FN2O5S2/c1-26(2)21-10-11-27(26,24(31)15-21)19-37(33,34)30(12-13-35-3)18-25(32)29(17-23-5-4-14-36-23)16-20-6-8-22(28)9-7-20/h4-9,14,21H,10-13,15-19H2,1-3H3. The van der Waals surface area contributed by atoms with E-state index in [2.05, 4.69) is 0 Å². The highest BCUT2D eigenvalue weighted by atomic mass is 32.2. The van der Waals surface area contributed by atoms with Crippen LogP contribution >= 0.6 is 11.3 Å². The maximum absolute atomic E-state index is 13.8. The lowest BCUT2D eigenvalue weighted by Crippen LogP contribution is -2.49. The van der Waals surface area contributed by atoms with Crippen LogP contribution < -0.4 is 0 Å². The fraction of sp³-hybridized carbons (Fsp3) is 0.556.